The van der Waals surface area contributed by atoms with Gasteiger partial charge in [0.1, 0.15) is 5.66 Å². The van der Waals surface area contributed by atoms with Crippen LogP contribution in [0, 0.1) is 0 Å². The second-order valence-electron chi connectivity index (χ2n) is 8.18. The van der Waals surface area contributed by atoms with E-state index in [4.69, 9.17) is 0 Å². The van der Waals surface area contributed by atoms with Gasteiger partial charge in [-0.2, -0.15) is 0 Å². The van der Waals surface area contributed by atoms with Crippen molar-refractivity contribution in [3.63, 3.8) is 0 Å². The molecule has 3 rings (SSSR count). The zero-order valence-electron chi connectivity index (χ0n) is 19.6. The number of nitrogens with one attached hydrogen (secondary N) is 1. The van der Waals surface area contributed by atoms with E-state index >= 15 is 0 Å². The van der Waals surface area contributed by atoms with Crippen LogP contribution in [0.3, 0.4) is 0 Å². The summed E-state index contributed by atoms with van der Waals surface area (Å²) < 4.78 is 0. The first-order chi connectivity index (χ1) is 15.0. The lowest BCUT2D eigenvalue weighted by molar-refractivity contribution is 0.206. The van der Waals surface area contributed by atoms with Gasteiger partial charge in [-0.3, -0.25) is 4.99 Å². The van der Waals surface area contributed by atoms with Crippen molar-refractivity contribution in [3.8, 4) is 0 Å². The first-order valence-corrected chi connectivity index (χ1v) is 11.2. The molecule has 1 unspecified atom stereocenters. The van der Waals surface area contributed by atoms with Crippen molar-refractivity contribution in [3.05, 3.63) is 107 Å². The molecule has 0 bridgehead atoms. The molecule has 2 aliphatic heterocycles. The third-order valence-corrected chi connectivity index (χ3v) is 5.96. The molecule has 2 aliphatic rings. The second kappa shape index (κ2) is 9.82. The standard InChI is InChI=1S/C28H35N3/c1-7-12-24(29-11-5)19-23-17-18-27-25(9-3)30-28(6,31(27)26(23)10-4)20-22-15-13-21(8-2)14-16-22/h7,9-18,30H,5,8,19-20H2,1-4,6H3/b12-7-,25-9?,26-10+,29-24?. The highest BCUT2D eigenvalue weighted by molar-refractivity contribution is 5.97. The van der Waals surface area contributed by atoms with Gasteiger partial charge in [-0.15, -0.1) is 0 Å². The maximum Gasteiger partial charge on any atom is 0.116 e. The molecule has 0 aromatic heterocycles. The predicted octanol–water partition coefficient (Wildman–Crippen LogP) is 6.60. The Balaban J connectivity index is 1.99. The highest BCUT2D eigenvalue weighted by atomic mass is 15.4. The summed E-state index contributed by atoms with van der Waals surface area (Å²) in [6, 6.07) is 9.02. The second-order valence-corrected chi connectivity index (χ2v) is 8.18. The number of rotatable bonds is 7. The molecule has 1 aromatic carbocycles. The van der Waals surface area contributed by atoms with Crippen LogP contribution in [0.5, 0.6) is 0 Å². The minimum atomic E-state index is -0.251. The first kappa shape index (κ1) is 22.6. The number of aryl methyl sites for hydroxylation is 1. The molecule has 0 amide bonds. The fraction of sp³-hybridized carbons (Fsp3) is 0.321. The van der Waals surface area contributed by atoms with Gasteiger partial charge in [0.2, 0.25) is 0 Å². The number of hydrogen-bond donors (Lipinski definition) is 1. The Bertz CT molecular complexity index is 999. The van der Waals surface area contributed by atoms with Gasteiger partial charge in [-0.25, -0.2) is 0 Å². The van der Waals surface area contributed by atoms with Crippen molar-refractivity contribution in [1.82, 2.24) is 10.2 Å². The van der Waals surface area contributed by atoms with Gasteiger partial charge >= 0.3 is 0 Å². The summed E-state index contributed by atoms with van der Waals surface area (Å²) in [5.41, 5.74) is 8.36. The Morgan fingerprint density at radius 3 is 2.39 bits per heavy atom. The summed E-state index contributed by atoms with van der Waals surface area (Å²) >= 11 is 0. The van der Waals surface area contributed by atoms with Crippen LogP contribution in [-0.4, -0.2) is 16.3 Å². The molecule has 0 radical (unpaired) electrons. The van der Waals surface area contributed by atoms with E-state index < -0.39 is 0 Å². The van der Waals surface area contributed by atoms with Gasteiger partial charge in [0.05, 0.1) is 11.4 Å². The maximum atomic E-state index is 4.47. The molecule has 1 saturated heterocycles. The summed E-state index contributed by atoms with van der Waals surface area (Å²) in [6.07, 6.45) is 17.3. The van der Waals surface area contributed by atoms with Crippen molar-refractivity contribution in [2.24, 2.45) is 4.99 Å². The van der Waals surface area contributed by atoms with Crippen LogP contribution in [0.1, 0.15) is 52.2 Å². The summed E-state index contributed by atoms with van der Waals surface area (Å²) in [5.74, 6) is 0. The van der Waals surface area contributed by atoms with Gasteiger partial charge in [0.15, 0.2) is 0 Å². The Hall–Kier alpha value is -3.07. The molecule has 31 heavy (non-hydrogen) atoms. The Kier molecular flexibility index (Phi) is 7.17. The topological polar surface area (TPSA) is 27.6 Å². The molecule has 3 heteroatoms. The monoisotopic (exact) mass is 413 g/mol. The molecule has 0 spiro atoms. The third-order valence-electron chi connectivity index (χ3n) is 5.96. The van der Waals surface area contributed by atoms with Gasteiger partial charge in [0.25, 0.3) is 0 Å². The Morgan fingerprint density at radius 2 is 1.81 bits per heavy atom. The van der Waals surface area contributed by atoms with Crippen LogP contribution in [-0.2, 0) is 12.8 Å². The average molecular weight is 414 g/mol. The van der Waals surface area contributed by atoms with Crippen LogP contribution in [0.15, 0.2) is 101 Å². The predicted molar refractivity (Wildman–Crippen MR) is 134 cm³/mol. The Morgan fingerprint density at radius 1 is 1.10 bits per heavy atom. The van der Waals surface area contributed by atoms with Crippen molar-refractivity contribution < 1.29 is 0 Å². The van der Waals surface area contributed by atoms with Gasteiger partial charge in [-0.1, -0.05) is 62.1 Å². The van der Waals surface area contributed by atoms with E-state index in [9.17, 15) is 0 Å². The zero-order valence-corrected chi connectivity index (χ0v) is 19.6. The third kappa shape index (κ3) is 4.66. The lowest BCUT2D eigenvalue weighted by Gasteiger charge is -2.40. The number of fused-ring (bicyclic) bond motifs is 1. The molecule has 0 saturated carbocycles. The smallest absolute Gasteiger partial charge is 0.116 e. The molecule has 1 atom stereocenters. The van der Waals surface area contributed by atoms with Crippen LogP contribution in [0.4, 0.5) is 0 Å². The van der Waals surface area contributed by atoms with Gasteiger partial charge in [0, 0.05) is 30.5 Å². The highest BCUT2D eigenvalue weighted by Gasteiger charge is 2.44. The van der Waals surface area contributed by atoms with E-state index in [-0.39, 0.29) is 5.66 Å². The molecule has 2 heterocycles. The van der Waals surface area contributed by atoms with Crippen LogP contribution in [0.2, 0.25) is 0 Å². The van der Waals surface area contributed by atoms with E-state index in [1.165, 1.54) is 33.8 Å². The average Bonchev–Trinajstić information content (AvgIpc) is 3.06. The van der Waals surface area contributed by atoms with Crippen molar-refractivity contribution in [1.29, 1.82) is 0 Å². The quantitative estimate of drug-likeness (QED) is 0.510. The molecule has 1 N–H and O–H groups in total. The molecule has 3 nitrogen and oxygen atoms in total. The Labute approximate surface area is 188 Å². The number of aliphatic imine (C=N–C) groups is 1. The number of hydrogen-bond acceptors (Lipinski definition) is 3. The fourth-order valence-corrected chi connectivity index (χ4v) is 4.51. The maximum absolute atomic E-state index is 4.47. The summed E-state index contributed by atoms with van der Waals surface area (Å²) in [4.78, 5) is 6.94. The van der Waals surface area contributed by atoms with Crippen molar-refractivity contribution in [2.45, 2.75) is 59.5 Å². The van der Waals surface area contributed by atoms with Crippen LogP contribution < -0.4 is 5.32 Å². The fourth-order valence-electron chi connectivity index (χ4n) is 4.51. The molecule has 1 fully saturated rings. The molecular weight excluding hydrogens is 378 g/mol. The van der Waals surface area contributed by atoms with E-state index in [0.29, 0.717) is 0 Å². The normalized spacial score (nSPS) is 23.8. The summed E-state index contributed by atoms with van der Waals surface area (Å²) in [6.45, 7) is 14.5. The van der Waals surface area contributed by atoms with E-state index in [1.807, 2.05) is 13.0 Å². The van der Waals surface area contributed by atoms with Crippen molar-refractivity contribution >= 4 is 5.71 Å². The molecule has 162 valence electrons. The molecule has 0 aliphatic carbocycles. The lowest BCUT2D eigenvalue weighted by Crippen LogP contribution is -2.50. The van der Waals surface area contributed by atoms with Crippen LogP contribution in [0.25, 0.3) is 0 Å². The van der Waals surface area contributed by atoms with E-state index in [0.717, 1.165) is 25.0 Å². The molecular formula is C28H35N3. The highest BCUT2D eigenvalue weighted by Crippen LogP contribution is 2.42. The first-order valence-electron chi connectivity index (χ1n) is 11.2. The summed E-state index contributed by atoms with van der Waals surface area (Å²) in [5, 5.41) is 3.81. The largest absolute Gasteiger partial charge is 0.361 e. The number of allylic oxidation sites excluding steroid dienone is 7. The molecule has 1 aromatic rings. The SMILES string of the molecule is C=CN=C(/C=C\C)CC1=CC=C2C(=CC)NC(C)(Cc3ccc(CC)cc3)N2/C1=C/C. The van der Waals surface area contributed by atoms with Crippen LogP contribution >= 0.6 is 0 Å². The van der Waals surface area contributed by atoms with E-state index in [2.05, 4.69) is 104 Å². The van der Waals surface area contributed by atoms with E-state index in [1.54, 1.807) is 6.20 Å². The van der Waals surface area contributed by atoms with Gasteiger partial charge < -0.3 is 10.2 Å². The number of benzene rings is 1. The minimum Gasteiger partial charge on any atom is -0.361 e. The van der Waals surface area contributed by atoms with Gasteiger partial charge in [-0.05, 0) is 63.0 Å². The van der Waals surface area contributed by atoms with Crippen molar-refractivity contribution in [2.75, 3.05) is 0 Å². The number of nitrogens with zero attached hydrogens (tertiary/aromatic N) is 2. The zero-order chi connectivity index (χ0) is 22.4. The lowest BCUT2D eigenvalue weighted by atomic mass is 9.94. The summed E-state index contributed by atoms with van der Waals surface area (Å²) in [7, 11) is 0. The minimum absolute atomic E-state index is 0.251.